The van der Waals surface area contributed by atoms with E-state index in [0.717, 1.165) is 16.2 Å². The summed E-state index contributed by atoms with van der Waals surface area (Å²) in [5, 5.41) is 11.4. The maximum atomic E-state index is 11.4. The van der Waals surface area contributed by atoms with E-state index in [1.807, 2.05) is 6.92 Å². The van der Waals surface area contributed by atoms with E-state index < -0.39 is 15.7 Å². The highest BCUT2D eigenvalue weighted by molar-refractivity contribution is 7.16. The lowest BCUT2D eigenvalue weighted by molar-refractivity contribution is -0.115. The average Bonchev–Trinajstić information content (AvgIpc) is 2.59. The number of amides is 1. The third-order valence-electron chi connectivity index (χ3n) is 1.85. The van der Waals surface area contributed by atoms with Crippen molar-refractivity contribution in [3.05, 3.63) is 16.5 Å². The van der Waals surface area contributed by atoms with E-state index in [-0.39, 0.29) is 10.6 Å². The van der Waals surface area contributed by atoms with Gasteiger partial charge in [-0.15, -0.1) is 11.3 Å². The molecule has 0 atom stereocenters. The summed E-state index contributed by atoms with van der Waals surface area (Å²) in [5.74, 6) is -2.02. The molecule has 2 N–H and O–H groups in total. The number of carboxylic acid groups (broad SMARTS) is 1. The van der Waals surface area contributed by atoms with Crippen LogP contribution in [0.1, 0.15) is 22.2 Å². The number of alkyl halides is 3. The monoisotopic (exact) mass is 315 g/mol. The average molecular weight is 317 g/mol. The molecule has 0 aliphatic carbocycles. The summed E-state index contributed by atoms with van der Waals surface area (Å²) in [6, 6.07) is 1.49. The quantitative estimate of drug-likeness (QED) is 0.841. The van der Waals surface area contributed by atoms with E-state index in [1.54, 1.807) is 0 Å². The molecule has 1 aromatic heterocycles. The summed E-state index contributed by atoms with van der Waals surface area (Å²) < 4.78 is -2.12. The molecule has 0 aliphatic rings. The zero-order valence-corrected chi connectivity index (χ0v) is 11.7. The third kappa shape index (κ3) is 3.74. The predicted octanol–water partition coefficient (Wildman–Crippen LogP) is 3.32. The number of anilines is 1. The van der Waals surface area contributed by atoms with Crippen molar-refractivity contribution in [2.45, 2.75) is 17.1 Å². The van der Waals surface area contributed by atoms with Crippen LogP contribution in [0.25, 0.3) is 0 Å². The molecule has 17 heavy (non-hydrogen) atoms. The molecule has 4 nitrogen and oxygen atoms in total. The molecule has 0 saturated carbocycles. The van der Waals surface area contributed by atoms with Gasteiger partial charge in [-0.3, -0.25) is 4.79 Å². The summed E-state index contributed by atoms with van der Waals surface area (Å²) in [5.41, 5.74) is -0.00514. The molecule has 0 fully saturated rings. The first-order valence-corrected chi connectivity index (χ1v) is 6.45. The molecule has 1 amide bonds. The number of hydrogen-bond acceptors (Lipinski definition) is 3. The lowest BCUT2D eigenvalue weighted by Crippen LogP contribution is -2.27. The Bertz CT molecular complexity index is 453. The van der Waals surface area contributed by atoms with Gasteiger partial charge < -0.3 is 10.4 Å². The third-order valence-corrected chi connectivity index (χ3v) is 3.56. The molecule has 0 unspecified atom stereocenters. The summed E-state index contributed by atoms with van der Waals surface area (Å²) in [6.07, 6.45) is 0.661. The number of nitrogens with one attached hydrogen (secondary N) is 1. The van der Waals surface area contributed by atoms with Gasteiger partial charge in [0.1, 0.15) is 5.00 Å². The van der Waals surface area contributed by atoms with Crippen LogP contribution in [0.5, 0.6) is 0 Å². The molecule has 0 saturated heterocycles. The smallest absolute Gasteiger partial charge is 0.338 e. The molecule has 8 heteroatoms. The number of carbonyl (C=O) groups is 2. The van der Waals surface area contributed by atoms with Gasteiger partial charge in [-0.2, -0.15) is 0 Å². The number of aromatic carboxylic acids is 1. The standard InChI is InChI=1S/C9H8Cl3NO3S/c1-2-4-3-5(7(14)15)6(17-4)13-8(16)9(10,11)12/h3H,2H2,1H3,(H,13,16)(H,14,15). The van der Waals surface area contributed by atoms with Crippen molar-refractivity contribution in [1.29, 1.82) is 0 Å². The highest BCUT2D eigenvalue weighted by Crippen LogP contribution is 2.32. The summed E-state index contributed by atoms with van der Waals surface area (Å²) in [7, 11) is 0. The van der Waals surface area contributed by atoms with Crippen LogP contribution in [0.3, 0.4) is 0 Å². The molecular formula is C9H8Cl3NO3S. The number of aryl methyl sites for hydroxylation is 1. The topological polar surface area (TPSA) is 66.4 Å². The van der Waals surface area contributed by atoms with Crippen LogP contribution in [-0.4, -0.2) is 20.8 Å². The predicted molar refractivity (Wildman–Crippen MR) is 69.6 cm³/mol. The van der Waals surface area contributed by atoms with Gasteiger partial charge in [0.05, 0.1) is 5.56 Å². The summed E-state index contributed by atoms with van der Waals surface area (Å²) in [6.45, 7) is 1.87. The first-order chi connectivity index (χ1) is 7.75. The number of rotatable bonds is 3. The van der Waals surface area contributed by atoms with Gasteiger partial charge in [-0.1, -0.05) is 41.7 Å². The van der Waals surface area contributed by atoms with Crippen molar-refractivity contribution < 1.29 is 14.7 Å². The Morgan fingerprint density at radius 2 is 2.06 bits per heavy atom. The van der Waals surface area contributed by atoms with Crippen LogP contribution < -0.4 is 5.32 Å². The van der Waals surface area contributed by atoms with Crippen LogP contribution in [-0.2, 0) is 11.2 Å². The largest absolute Gasteiger partial charge is 0.478 e. The molecule has 0 aromatic carbocycles. The Labute approximate surface area is 116 Å². The lowest BCUT2D eigenvalue weighted by Gasteiger charge is -2.10. The molecular weight excluding hydrogens is 309 g/mol. The Hall–Kier alpha value is -0.490. The molecule has 0 aliphatic heterocycles. The highest BCUT2D eigenvalue weighted by Gasteiger charge is 2.32. The number of carbonyl (C=O) groups excluding carboxylic acids is 1. The van der Waals surface area contributed by atoms with E-state index in [4.69, 9.17) is 39.9 Å². The second kappa shape index (κ2) is 5.44. The molecule has 1 heterocycles. The lowest BCUT2D eigenvalue weighted by atomic mass is 10.2. The fourth-order valence-corrected chi connectivity index (χ4v) is 2.17. The zero-order valence-electron chi connectivity index (χ0n) is 8.59. The molecule has 0 radical (unpaired) electrons. The van der Waals surface area contributed by atoms with Gasteiger partial charge in [0.25, 0.3) is 9.70 Å². The normalized spacial score (nSPS) is 11.3. The number of hydrogen-bond donors (Lipinski definition) is 2. The van der Waals surface area contributed by atoms with Gasteiger partial charge in [0, 0.05) is 4.88 Å². The molecule has 0 bridgehead atoms. The van der Waals surface area contributed by atoms with E-state index >= 15 is 0 Å². The van der Waals surface area contributed by atoms with E-state index in [9.17, 15) is 9.59 Å². The van der Waals surface area contributed by atoms with Crippen LogP contribution >= 0.6 is 46.1 Å². The minimum atomic E-state index is -2.12. The van der Waals surface area contributed by atoms with Crippen LogP contribution in [0.2, 0.25) is 0 Å². The van der Waals surface area contributed by atoms with E-state index in [0.29, 0.717) is 6.42 Å². The molecule has 94 valence electrons. The number of thiophene rings is 1. The number of carboxylic acids is 1. The van der Waals surface area contributed by atoms with Gasteiger partial charge in [0.2, 0.25) is 0 Å². The summed E-state index contributed by atoms with van der Waals surface area (Å²) >= 11 is 17.3. The molecule has 0 spiro atoms. The van der Waals surface area contributed by atoms with Crippen LogP contribution in [0, 0.1) is 0 Å². The molecule has 1 aromatic rings. The van der Waals surface area contributed by atoms with E-state index in [2.05, 4.69) is 5.32 Å². The maximum Gasteiger partial charge on any atom is 0.338 e. The maximum absolute atomic E-state index is 11.4. The van der Waals surface area contributed by atoms with Gasteiger partial charge in [-0.05, 0) is 12.5 Å². The second-order valence-corrected chi connectivity index (χ2v) is 6.48. The Morgan fingerprint density at radius 3 is 2.47 bits per heavy atom. The van der Waals surface area contributed by atoms with Crippen molar-refractivity contribution in [3.63, 3.8) is 0 Å². The number of halogens is 3. The first-order valence-electron chi connectivity index (χ1n) is 4.50. The second-order valence-electron chi connectivity index (χ2n) is 3.07. The Balaban J connectivity index is 3.01. The van der Waals surface area contributed by atoms with Crippen molar-refractivity contribution in [3.8, 4) is 0 Å². The van der Waals surface area contributed by atoms with E-state index in [1.165, 1.54) is 6.07 Å². The highest BCUT2D eigenvalue weighted by atomic mass is 35.6. The first kappa shape index (κ1) is 14.6. The molecule has 1 rings (SSSR count). The minimum absolute atomic E-state index is 0.00514. The van der Waals surface area contributed by atoms with Crippen molar-refractivity contribution in [2.24, 2.45) is 0 Å². The SMILES string of the molecule is CCc1cc(C(=O)O)c(NC(=O)C(Cl)(Cl)Cl)s1. The van der Waals surface area contributed by atoms with Gasteiger partial charge in [0.15, 0.2) is 0 Å². The van der Waals surface area contributed by atoms with Gasteiger partial charge >= 0.3 is 5.97 Å². The van der Waals surface area contributed by atoms with Crippen molar-refractivity contribution >= 4 is 63.0 Å². The minimum Gasteiger partial charge on any atom is -0.478 e. The van der Waals surface area contributed by atoms with Crippen LogP contribution in [0.4, 0.5) is 5.00 Å². The van der Waals surface area contributed by atoms with Crippen LogP contribution in [0.15, 0.2) is 6.07 Å². The summed E-state index contributed by atoms with van der Waals surface area (Å²) in [4.78, 5) is 23.2. The van der Waals surface area contributed by atoms with Crippen molar-refractivity contribution in [2.75, 3.05) is 5.32 Å². The van der Waals surface area contributed by atoms with Crippen molar-refractivity contribution in [1.82, 2.24) is 0 Å². The van der Waals surface area contributed by atoms with Gasteiger partial charge in [-0.25, -0.2) is 4.79 Å². The Morgan fingerprint density at radius 1 is 1.47 bits per heavy atom. The Kier molecular flexibility index (Phi) is 4.66. The fraction of sp³-hybridized carbons (Fsp3) is 0.333. The fourth-order valence-electron chi connectivity index (χ4n) is 1.04. The zero-order chi connectivity index (χ0) is 13.2.